The van der Waals surface area contributed by atoms with Crippen LogP contribution >= 0.6 is 22.9 Å². The quantitative estimate of drug-likeness (QED) is 0.915. The van der Waals surface area contributed by atoms with Crippen molar-refractivity contribution in [3.63, 3.8) is 0 Å². The second kappa shape index (κ2) is 6.09. The maximum atomic E-state index is 12.9. The molecule has 120 valence electrons. The van der Waals surface area contributed by atoms with Crippen LogP contribution in [0, 0.1) is 5.92 Å². The van der Waals surface area contributed by atoms with E-state index in [1.165, 1.54) is 11.3 Å². The summed E-state index contributed by atoms with van der Waals surface area (Å²) in [6.45, 7) is 3.03. The summed E-state index contributed by atoms with van der Waals surface area (Å²) in [7, 11) is -3.45. The van der Waals surface area contributed by atoms with Gasteiger partial charge in [-0.1, -0.05) is 11.6 Å². The molecule has 3 rings (SSSR count). The molecule has 2 N–H and O–H groups in total. The van der Waals surface area contributed by atoms with Gasteiger partial charge >= 0.3 is 0 Å². The van der Waals surface area contributed by atoms with Gasteiger partial charge in [-0.25, -0.2) is 8.42 Å². The summed E-state index contributed by atoms with van der Waals surface area (Å²) in [5, 5.41) is 1.49. The number of hydrogen-bond donors (Lipinski definition) is 1. The molecule has 1 fully saturated rings. The van der Waals surface area contributed by atoms with Crippen molar-refractivity contribution in [1.29, 1.82) is 0 Å². The summed E-state index contributed by atoms with van der Waals surface area (Å²) < 4.78 is 28.6. The molecule has 2 unspecified atom stereocenters. The van der Waals surface area contributed by atoms with Crippen molar-refractivity contribution in [2.75, 3.05) is 13.1 Å². The van der Waals surface area contributed by atoms with E-state index in [0.29, 0.717) is 22.3 Å². The van der Waals surface area contributed by atoms with Gasteiger partial charge in [0.05, 0.1) is 0 Å². The monoisotopic (exact) mass is 358 g/mol. The third-order valence-electron chi connectivity index (χ3n) is 4.21. The molecule has 0 aliphatic carbocycles. The number of thiophene rings is 1. The molecular weight excluding hydrogens is 340 g/mol. The van der Waals surface area contributed by atoms with Crippen LogP contribution in [0.2, 0.25) is 5.02 Å². The Morgan fingerprint density at radius 1 is 1.41 bits per heavy atom. The van der Waals surface area contributed by atoms with Crippen LogP contribution in [0.3, 0.4) is 0 Å². The number of nitrogens with two attached hydrogens (primary N) is 1. The van der Waals surface area contributed by atoms with Crippen LogP contribution in [0.5, 0.6) is 0 Å². The summed E-state index contributed by atoms with van der Waals surface area (Å²) in [6.07, 6.45) is 1.86. The molecular formula is C15H19ClN2O2S2. The van der Waals surface area contributed by atoms with E-state index in [9.17, 15) is 8.42 Å². The minimum Gasteiger partial charge on any atom is -0.328 e. The lowest BCUT2D eigenvalue weighted by molar-refractivity contribution is 0.243. The normalized spacial score (nSPS) is 22.0. The van der Waals surface area contributed by atoms with Gasteiger partial charge in [0.25, 0.3) is 10.0 Å². The Labute approximate surface area is 139 Å². The fourth-order valence-electron chi connectivity index (χ4n) is 2.87. The van der Waals surface area contributed by atoms with E-state index in [0.717, 1.165) is 22.9 Å². The third-order valence-corrected chi connectivity index (χ3v) is 7.88. The molecule has 2 heterocycles. The van der Waals surface area contributed by atoms with E-state index in [-0.39, 0.29) is 12.0 Å². The molecule has 0 amide bonds. The van der Waals surface area contributed by atoms with Gasteiger partial charge in [0, 0.05) is 28.9 Å². The molecule has 4 nitrogen and oxygen atoms in total. The fourth-order valence-corrected chi connectivity index (χ4v) is 6.11. The minimum atomic E-state index is -3.45. The van der Waals surface area contributed by atoms with Crippen molar-refractivity contribution in [2.24, 2.45) is 11.7 Å². The second-order valence-corrected chi connectivity index (χ2v) is 9.56. The zero-order chi connectivity index (χ0) is 15.9. The summed E-state index contributed by atoms with van der Waals surface area (Å²) in [5.41, 5.74) is 5.96. The molecule has 7 heteroatoms. The summed E-state index contributed by atoms with van der Waals surface area (Å²) >= 11 is 7.27. The standard InChI is InChI=1S/C15H19ClN2O2S2/c1-10(17)11-3-2-6-18(9-11)22(19,20)15-8-12-7-13(16)4-5-14(12)21-15/h4-5,7-8,10-11H,2-3,6,9,17H2,1H3. The molecule has 0 bridgehead atoms. The largest absolute Gasteiger partial charge is 0.328 e. The van der Waals surface area contributed by atoms with E-state index in [1.807, 2.05) is 13.0 Å². The number of halogens is 1. The SMILES string of the molecule is CC(N)C1CCCN(S(=O)(=O)c2cc3cc(Cl)ccc3s2)C1. The lowest BCUT2D eigenvalue weighted by Gasteiger charge is -2.33. The third kappa shape index (κ3) is 3.03. The van der Waals surface area contributed by atoms with E-state index >= 15 is 0 Å². The lowest BCUT2D eigenvalue weighted by atomic mass is 9.93. The molecule has 2 atom stereocenters. The van der Waals surface area contributed by atoms with Crippen molar-refractivity contribution >= 4 is 43.0 Å². The Bertz CT molecular complexity index is 786. The zero-order valence-corrected chi connectivity index (χ0v) is 14.7. The van der Waals surface area contributed by atoms with Crippen LogP contribution in [-0.4, -0.2) is 31.9 Å². The van der Waals surface area contributed by atoms with Gasteiger partial charge < -0.3 is 5.73 Å². The molecule has 1 saturated heterocycles. The lowest BCUT2D eigenvalue weighted by Crippen LogP contribution is -2.44. The first-order chi connectivity index (χ1) is 10.4. The molecule has 1 aromatic heterocycles. The number of nitrogens with zero attached hydrogens (tertiary/aromatic N) is 1. The highest BCUT2D eigenvalue weighted by atomic mass is 35.5. The van der Waals surface area contributed by atoms with Gasteiger partial charge in [-0.3, -0.25) is 0 Å². The highest BCUT2D eigenvalue weighted by molar-refractivity contribution is 7.91. The Kier molecular flexibility index (Phi) is 4.49. The van der Waals surface area contributed by atoms with Gasteiger partial charge in [-0.2, -0.15) is 4.31 Å². The van der Waals surface area contributed by atoms with Crippen LogP contribution in [0.15, 0.2) is 28.5 Å². The summed E-state index contributed by atoms with van der Waals surface area (Å²) in [6, 6.07) is 7.18. The average molecular weight is 359 g/mol. The number of fused-ring (bicyclic) bond motifs is 1. The predicted octanol–water partition coefficient (Wildman–Crippen LogP) is 3.30. The number of rotatable bonds is 3. The van der Waals surface area contributed by atoms with E-state index in [4.69, 9.17) is 17.3 Å². The molecule has 1 aromatic carbocycles. The molecule has 2 aromatic rings. The number of hydrogen-bond acceptors (Lipinski definition) is 4. The number of benzene rings is 1. The van der Waals surface area contributed by atoms with Crippen molar-refractivity contribution in [3.8, 4) is 0 Å². The Morgan fingerprint density at radius 2 is 2.18 bits per heavy atom. The second-order valence-electron chi connectivity index (χ2n) is 5.87. The Hall–Kier alpha value is -0.660. The zero-order valence-electron chi connectivity index (χ0n) is 12.3. The first-order valence-corrected chi connectivity index (χ1v) is 9.96. The fraction of sp³-hybridized carbons (Fsp3) is 0.467. The topological polar surface area (TPSA) is 63.4 Å². The van der Waals surface area contributed by atoms with E-state index in [2.05, 4.69) is 0 Å². The van der Waals surface area contributed by atoms with Gasteiger partial charge in [0.15, 0.2) is 0 Å². The molecule has 0 spiro atoms. The Balaban J connectivity index is 1.93. The van der Waals surface area contributed by atoms with Crippen LogP contribution in [-0.2, 0) is 10.0 Å². The van der Waals surface area contributed by atoms with Crippen LogP contribution < -0.4 is 5.73 Å². The highest BCUT2D eigenvalue weighted by Crippen LogP contribution is 2.34. The molecule has 1 aliphatic heterocycles. The van der Waals surface area contributed by atoms with Crippen molar-refractivity contribution in [3.05, 3.63) is 29.3 Å². The van der Waals surface area contributed by atoms with Crippen LogP contribution in [0.4, 0.5) is 0 Å². The highest BCUT2D eigenvalue weighted by Gasteiger charge is 2.32. The van der Waals surface area contributed by atoms with Gasteiger partial charge in [0.1, 0.15) is 4.21 Å². The van der Waals surface area contributed by atoms with E-state index in [1.54, 1.807) is 22.5 Å². The van der Waals surface area contributed by atoms with Gasteiger partial charge in [-0.05, 0) is 55.3 Å². The maximum absolute atomic E-state index is 12.9. The summed E-state index contributed by atoms with van der Waals surface area (Å²) in [4.78, 5) is 0. The van der Waals surface area contributed by atoms with Gasteiger partial charge in [0.2, 0.25) is 0 Å². The van der Waals surface area contributed by atoms with Crippen molar-refractivity contribution in [1.82, 2.24) is 4.31 Å². The number of sulfonamides is 1. The Morgan fingerprint density at radius 3 is 2.91 bits per heavy atom. The van der Waals surface area contributed by atoms with Crippen LogP contribution in [0.25, 0.3) is 10.1 Å². The predicted molar refractivity (Wildman–Crippen MR) is 92.0 cm³/mol. The van der Waals surface area contributed by atoms with Crippen molar-refractivity contribution < 1.29 is 8.42 Å². The van der Waals surface area contributed by atoms with Crippen molar-refractivity contribution in [2.45, 2.75) is 30.0 Å². The van der Waals surface area contributed by atoms with Gasteiger partial charge in [-0.15, -0.1) is 11.3 Å². The molecule has 1 aliphatic rings. The number of piperidine rings is 1. The average Bonchev–Trinajstić information content (AvgIpc) is 2.91. The first kappa shape index (κ1) is 16.2. The van der Waals surface area contributed by atoms with E-state index < -0.39 is 10.0 Å². The summed E-state index contributed by atoms with van der Waals surface area (Å²) in [5.74, 6) is 0.229. The maximum Gasteiger partial charge on any atom is 0.252 e. The molecule has 0 radical (unpaired) electrons. The minimum absolute atomic E-state index is 0.0132. The molecule has 0 saturated carbocycles. The smallest absolute Gasteiger partial charge is 0.252 e. The van der Waals surface area contributed by atoms with Crippen LogP contribution in [0.1, 0.15) is 19.8 Å². The first-order valence-electron chi connectivity index (χ1n) is 7.33. The molecule has 22 heavy (non-hydrogen) atoms.